The van der Waals surface area contributed by atoms with Gasteiger partial charge in [-0.1, -0.05) is 0 Å². The van der Waals surface area contributed by atoms with E-state index >= 15 is 0 Å². The van der Waals surface area contributed by atoms with Gasteiger partial charge in [0.1, 0.15) is 11.5 Å². The number of rotatable bonds is 3. The molecule has 0 saturated heterocycles. The zero-order valence-corrected chi connectivity index (χ0v) is 15.0. The molecule has 4 aromatic heterocycles. The van der Waals surface area contributed by atoms with Gasteiger partial charge < -0.3 is 15.6 Å². The molecular weight excluding hydrogens is 340 g/mol. The highest BCUT2D eigenvalue weighted by molar-refractivity contribution is 5.95. The molecule has 4 heterocycles. The van der Waals surface area contributed by atoms with Crippen LogP contribution in [0.3, 0.4) is 0 Å². The van der Waals surface area contributed by atoms with Crippen LogP contribution in [0.4, 0.5) is 5.82 Å². The van der Waals surface area contributed by atoms with E-state index in [2.05, 4.69) is 19.9 Å². The van der Waals surface area contributed by atoms with Gasteiger partial charge in [0.15, 0.2) is 0 Å². The molecule has 7 heteroatoms. The van der Waals surface area contributed by atoms with Gasteiger partial charge in [0.25, 0.3) is 5.91 Å². The number of H-pyrrole nitrogens is 1. The largest absolute Gasteiger partial charge is 0.383 e. The minimum atomic E-state index is -0.0967. The number of aromatic amines is 1. The second kappa shape index (κ2) is 6.53. The summed E-state index contributed by atoms with van der Waals surface area (Å²) in [6.07, 6.45) is 6.91. The molecule has 4 rings (SSSR count). The van der Waals surface area contributed by atoms with Gasteiger partial charge in [-0.25, -0.2) is 9.97 Å². The highest BCUT2D eigenvalue weighted by atomic mass is 16.2. The quantitative estimate of drug-likeness (QED) is 0.586. The zero-order chi connectivity index (χ0) is 19.0. The Balaban J connectivity index is 1.77. The fourth-order valence-corrected chi connectivity index (χ4v) is 2.98. The summed E-state index contributed by atoms with van der Waals surface area (Å²) in [4.78, 5) is 29.7. The predicted molar refractivity (Wildman–Crippen MR) is 105 cm³/mol. The van der Waals surface area contributed by atoms with Crippen LogP contribution >= 0.6 is 0 Å². The van der Waals surface area contributed by atoms with E-state index in [0.717, 1.165) is 27.7 Å². The molecule has 7 nitrogen and oxygen atoms in total. The lowest BCUT2D eigenvalue weighted by Gasteiger charge is -2.11. The van der Waals surface area contributed by atoms with E-state index in [9.17, 15) is 4.79 Å². The van der Waals surface area contributed by atoms with E-state index in [4.69, 9.17) is 5.73 Å². The van der Waals surface area contributed by atoms with Crippen molar-refractivity contribution in [3.05, 3.63) is 60.7 Å². The van der Waals surface area contributed by atoms with Crippen molar-refractivity contribution in [2.24, 2.45) is 0 Å². The number of carbonyl (C=O) groups is 1. The van der Waals surface area contributed by atoms with Crippen molar-refractivity contribution in [2.45, 2.75) is 0 Å². The van der Waals surface area contributed by atoms with Crippen LogP contribution in [0.2, 0.25) is 0 Å². The summed E-state index contributed by atoms with van der Waals surface area (Å²) in [6, 6.07) is 9.41. The van der Waals surface area contributed by atoms with Gasteiger partial charge in [0, 0.05) is 55.4 Å². The third kappa shape index (κ3) is 2.99. The lowest BCUT2D eigenvalue weighted by Crippen LogP contribution is -2.21. The summed E-state index contributed by atoms with van der Waals surface area (Å²) >= 11 is 0. The fraction of sp³-hybridized carbons (Fsp3) is 0.100. The summed E-state index contributed by atoms with van der Waals surface area (Å²) in [5.74, 6) is 0.290. The van der Waals surface area contributed by atoms with Crippen molar-refractivity contribution in [3.8, 4) is 22.4 Å². The number of aromatic nitrogens is 4. The molecule has 0 atom stereocenters. The molecule has 3 N–H and O–H groups in total. The number of nitrogens with zero attached hydrogens (tertiary/aromatic N) is 4. The summed E-state index contributed by atoms with van der Waals surface area (Å²) in [5.41, 5.74) is 10.7. The van der Waals surface area contributed by atoms with Crippen LogP contribution in [-0.4, -0.2) is 44.8 Å². The molecule has 0 fully saturated rings. The normalized spacial score (nSPS) is 10.9. The van der Waals surface area contributed by atoms with Gasteiger partial charge in [0.2, 0.25) is 0 Å². The third-order valence-corrected chi connectivity index (χ3v) is 4.38. The van der Waals surface area contributed by atoms with Crippen LogP contribution in [0.1, 0.15) is 10.4 Å². The number of nitrogens with two attached hydrogens (primary N) is 1. The molecule has 0 saturated carbocycles. The Morgan fingerprint density at radius 2 is 1.89 bits per heavy atom. The number of pyridine rings is 3. The van der Waals surface area contributed by atoms with E-state index in [1.165, 1.54) is 4.90 Å². The number of amides is 1. The number of hydrogen-bond acceptors (Lipinski definition) is 5. The Hall–Kier alpha value is -3.74. The molecule has 0 aromatic carbocycles. The van der Waals surface area contributed by atoms with Gasteiger partial charge in [-0.15, -0.1) is 0 Å². The monoisotopic (exact) mass is 358 g/mol. The van der Waals surface area contributed by atoms with Crippen molar-refractivity contribution in [3.63, 3.8) is 0 Å². The Morgan fingerprint density at radius 3 is 2.63 bits per heavy atom. The maximum absolute atomic E-state index is 12.0. The summed E-state index contributed by atoms with van der Waals surface area (Å²) < 4.78 is 0. The molecule has 0 unspecified atom stereocenters. The first-order valence-electron chi connectivity index (χ1n) is 8.40. The maximum Gasteiger partial charge on any atom is 0.254 e. The molecule has 0 aliphatic heterocycles. The molecule has 1 amide bonds. The fourth-order valence-electron chi connectivity index (χ4n) is 2.98. The van der Waals surface area contributed by atoms with E-state index in [1.807, 2.05) is 24.4 Å². The van der Waals surface area contributed by atoms with Crippen LogP contribution in [0.25, 0.3) is 33.4 Å². The minimum absolute atomic E-state index is 0.0967. The van der Waals surface area contributed by atoms with Crippen molar-refractivity contribution in [2.75, 3.05) is 19.8 Å². The van der Waals surface area contributed by atoms with Gasteiger partial charge in [-0.3, -0.25) is 9.78 Å². The summed E-state index contributed by atoms with van der Waals surface area (Å²) in [7, 11) is 3.41. The van der Waals surface area contributed by atoms with E-state index < -0.39 is 0 Å². The second-order valence-electron chi connectivity index (χ2n) is 6.39. The maximum atomic E-state index is 12.0. The topological polar surface area (TPSA) is 101 Å². The lowest BCUT2D eigenvalue weighted by atomic mass is 10.0. The Bertz CT molecular complexity index is 1130. The van der Waals surface area contributed by atoms with Crippen molar-refractivity contribution >= 4 is 22.8 Å². The van der Waals surface area contributed by atoms with E-state index in [0.29, 0.717) is 17.1 Å². The second-order valence-corrected chi connectivity index (χ2v) is 6.39. The van der Waals surface area contributed by atoms with E-state index in [1.54, 1.807) is 44.8 Å². The Labute approximate surface area is 155 Å². The molecule has 4 aromatic rings. The highest BCUT2D eigenvalue weighted by Gasteiger charge is 2.13. The van der Waals surface area contributed by atoms with Crippen LogP contribution in [0.15, 0.2) is 55.1 Å². The van der Waals surface area contributed by atoms with Gasteiger partial charge in [0.05, 0.1) is 11.3 Å². The van der Waals surface area contributed by atoms with E-state index in [-0.39, 0.29) is 5.91 Å². The summed E-state index contributed by atoms with van der Waals surface area (Å²) in [6.45, 7) is 0. The van der Waals surface area contributed by atoms with Crippen LogP contribution in [-0.2, 0) is 0 Å². The van der Waals surface area contributed by atoms with Crippen LogP contribution < -0.4 is 5.73 Å². The predicted octanol–water partition coefficient (Wildman–Crippen LogP) is 2.97. The molecule has 27 heavy (non-hydrogen) atoms. The first kappa shape index (κ1) is 16.7. The number of nitrogens with one attached hydrogen (secondary N) is 1. The molecule has 0 aliphatic carbocycles. The number of anilines is 1. The average molecular weight is 358 g/mol. The first-order valence-corrected chi connectivity index (χ1v) is 8.40. The third-order valence-electron chi connectivity index (χ3n) is 4.38. The van der Waals surface area contributed by atoms with Gasteiger partial charge in [-0.2, -0.15) is 0 Å². The number of carbonyl (C=O) groups excluding carboxylic acids is 1. The highest BCUT2D eigenvalue weighted by Crippen LogP contribution is 2.31. The molecule has 0 bridgehead atoms. The van der Waals surface area contributed by atoms with Crippen molar-refractivity contribution in [1.29, 1.82) is 0 Å². The standard InChI is InChI=1S/C20H18N6O/c1-26(2)20(27)12-3-4-17(24-10-12)16-9-13(11-25-18(16)21)14-5-7-22-19-15(14)6-8-23-19/h3-11H,1-2H3,(H2,21,25)(H,22,23). The molecule has 0 aliphatic rings. The lowest BCUT2D eigenvalue weighted by molar-refractivity contribution is 0.0827. The SMILES string of the molecule is CN(C)C(=O)c1ccc(-c2cc(-c3ccnc4[nH]ccc34)cnc2N)nc1. The van der Waals surface area contributed by atoms with Crippen molar-refractivity contribution in [1.82, 2.24) is 24.8 Å². The molecule has 134 valence electrons. The number of fused-ring (bicyclic) bond motifs is 1. The van der Waals surface area contributed by atoms with Crippen LogP contribution in [0, 0.1) is 0 Å². The Morgan fingerprint density at radius 1 is 1.04 bits per heavy atom. The zero-order valence-electron chi connectivity index (χ0n) is 15.0. The summed E-state index contributed by atoms with van der Waals surface area (Å²) in [5, 5.41) is 1.01. The Kier molecular flexibility index (Phi) is 4.04. The smallest absolute Gasteiger partial charge is 0.254 e. The molecule has 0 spiro atoms. The van der Waals surface area contributed by atoms with Gasteiger partial charge in [-0.05, 0) is 35.9 Å². The molecule has 0 radical (unpaired) electrons. The average Bonchev–Trinajstić information content (AvgIpc) is 3.17. The van der Waals surface area contributed by atoms with Gasteiger partial charge >= 0.3 is 0 Å². The first-order chi connectivity index (χ1) is 13.0. The van der Waals surface area contributed by atoms with Crippen LogP contribution in [0.5, 0.6) is 0 Å². The molecular formula is C20H18N6O. The minimum Gasteiger partial charge on any atom is -0.383 e. The number of nitrogen functional groups attached to an aromatic ring is 1. The number of hydrogen-bond donors (Lipinski definition) is 2. The van der Waals surface area contributed by atoms with Crippen molar-refractivity contribution < 1.29 is 4.79 Å².